The van der Waals surface area contributed by atoms with E-state index in [1.165, 1.54) is 5.56 Å². The van der Waals surface area contributed by atoms with Gasteiger partial charge in [0.1, 0.15) is 0 Å². The second kappa shape index (κ2) is 8.54. The number of rotatable bonds is 6. The zero-order chi connectivity index (χ0) is 20.3. The van der Waals surface area contributed by atoms with Gasteiger partial charge in [-0.15, -0.1) is 0 Å². The van der Waals surface area contributed by atoms with Crippen LogP contribution in [0.25, 0.3) is 11.3 Å². The molecule has 0 radical (unpaired) electrons. The van der Waals surface area contributed by atoms with Crippen LogP contribution in [0.2, 0.25) is 0 Å². The summed E-state index contributed by atoms with van der Waals surface area (Å²) >= 11 is 0. The molecule has 0 N–H and O–H groups in total. The largest absolute Gasteiger partial charge is 0.375 e. The Hall–Kier alpha value is -2.76. The van der Waals surface area contributed by atoms with E-state index in [4.69, 9.17) is 4.74 Å². The van der Waals surface area contributed by atoms with E-state index < -0.39 is 0 Å². The second-order valence-corrected chi connectivity index (χ2v) is 8.43. The van der Waals surface area contributed by atoms with Crippen molar-refractivity contribution in [1.82, 2.24) is 14.5 Å². The zero-order valence-corrected chi connectivity index (χ0v) is 17.1. The Morgan fingerprint density at radius 2 is 1.87 bits per heavy atom. The lowest BCUT2D eigenvalue weighted by atomic mass is 9.82. The van der Waals surface area contributed by atoms with Crippen LogP contribution < -0.4 is 5.56 Å². The molecule has 0 aliphatic carbocycles. The van der Waals surface area contributed by atoms with Crippen molar-refractivity contribution in [2.24, 2.45) is 5.92 Å². The number of nitrogens with zero attached hydrogens (tertiary/aromatic N) is 3. The Morgan fingerprint density at radius 3 is 2.70 bits per heavy atom. The molecule has 154 valence electrons. The Morgan fingerprint density at radius 1 is 1.00 bits per heavy atom. The highest BCUT2D eigenvalue weighted by molar-refractivity contribution is 5.59. The van der Waals surface area contributed by atoms with E-state index in [2.05, 4.69) is 28.1 Å². The van der Waals surface area contributed by atoms with Crippen molar-refractivity contribution >= 4 is 0 Å². The number of benzene rings is 1. The van der Waals surface area contributed by atoms with Gasteiger partial charge in [0.2, 0.25) is 0 Å². The van der Waals surface area contributed by atoms with E-state index in [0.29, 0.717) is 18.4 Å². The third-order valence-electron chi connectivity index (χ3n) is 6.26. The molecule has 2 aromatic heterocycles. The summed E-state index contributed by atoms with van der Waals surface area (Å²) < 4.78 is 7.90. The van der Waals surface area contributed by atoms with Gasteiger partial charge in [0, 0.05) is 55.6 Å². The lowest BCUT2D eigenvalue weighted by Gasteiger charge is -2.43. The molecule has 0 amide bonds. The molecule has 2 aliphatic rings. The summed E-state index contributed by atoms with van der Waals surface area (Å²) in [6.45, 7) is 5.16. The normalized spacial score (nSPS) is 20.7. The van der Waals surface area contributed by atoms with Gasteiger partial charge in [-0.3, -0.25) is 9.78 Å². The van der Waals surface area contributed by atoms with Gasteiger partial charge >= 0.3 is 0 Å². The molecule has 1 saturated heterocycles. The van der Waals surface area contributed by atoms with Gasteiger partial charge in [-0.2, -0.15) is 0 Å². The van der Waals surface area contributed by atoms with Crippen molar-refractivity contribution < 1.29 is 4.74 Å². The first-order valence-electron chi connectivity index (χ1n) is 10.8. The molecule has 1 fully saturated rings. The highest BCUT2D eigenvalue weighted by atomic mass is 16.5. The van der Waals surface area contributed by atoms with Crippen molar-refractivity contribution in [2.45, 2.75) is 25.5 Å². The summed E-state index contributed by atoms with van der Waals surface area (Å²) in [5, 5.41) is 0. The molecule has 4 heterocycles. The highest BCUT2D eigenvalue weighted by Gasteiger charge is 2.34. The van der Waals surface area contributed by atoms with Crippen LogP contribution in [0.15, 0.2) is 71.7 Å². The maximum absolute atomic E-state index is 12.8. The molecule has 2 bridgehead atoms. The van der Waals surface area contributed by atoms with Gasteiger partial charge in [0.25, 0.3) is 5.56 Å². The lowest BCUT2D eigenvalue weighted by Crippen LogP contribution is -2.47. The number of piperidine rings is 1. The average Bonchev–Trinajstić information content (AvgIpc) is 2.79. The van der Waals surface area contributed by atoms with E-state index in [9.17, 15) is 4.79 Å². The van der Waals surface area contributed by atoms with Gasteiger partial charge in [0.15, 0.2) is 0 Å². The maximum atomic E-state index is 12.8. The Labute approximate surface area is 177 Å². The standard InChI is InChI=1S/C25H27N3O2/c29-25-14-21(23-8-4-5-9-26-23)13-24-22-12-20(16-28(24)25)15-27(17-22)10-11-30-18-19-6-2-1-3-7-19/h1-9,13-14,20,22H,10-12,15-18H2/t20-,22+/m0/s1. The van der Waals surface area contributed by atoms with Gasteiger partial charge < -0.3 is 14.2 Å². The topological polar surface area (TPSA) is 47.4 Å². The number of pyridine rings is 2. The molecular formula is C25H27N3O2. The van der Waals surface area contributed by atoms with Crippen molar-refractivity contribution in [3.63, 3.8) is 0 Å². The third-order valence-corrected chi connectivity index (χ3v) is 6.26. The Kier molecular flexibility index (Phi) is 5.47. The van der Waals surface area contributed by atoms with Crippen LogP contribution in [0.1, 0.15) is 23.6 Å². The summed E-state index contributed by atoms with van der Waals surface area (Å²) in [6, 6.07) is 20.1. The molecule has 0 saturated carbocycles. The zero-order valence-electron chi connectivity index (χ0n) is 17.1. The van der Waals surface area contributed by atoms with Crippen LogP contribution in [0.5, 0.6) is 0 Å². The molecule has 0 unspecified atom stereocenters. The van der Waals surface area contributed by atoms with Gasteiger partial charge in [-0.05, 0) is 36.1 Å². The summed E-state index contributed by atoms with van der Waals surface area (Å²) in [6.07, 6.45) is 2.94. The predicted molar refractivity (Wildman–Crippen MR) is 117 cm³/mol. The molecule has 1 aromatic carbocycles. The number of hydrogen-bond acceptors (Lipinski definition) is 4. The molecule has 5 nitrogen and oxygen atoms in total. The van der Waals surface area contributed by atoms with Crippen LogP contribution in [0.3, 0.4) is 0 Å². The molecule has 2 aliphatic heterocycles. The van der Waals surface area contributed by atoms with E-state index in [0.717, 1.165) is 56.2 Å². The SMILES string of the molecule is O=c1cc(-c2ccccn2)cc2n1C[C@H]1C[C@@H]2CN(CCOCc2ccccc2)C1. The Bertz CT molecular complexity index is 1050. The van der Waals surface area contributed by atoms with Crippen LogP contribution >= 0.6 is 0 Å². The van der Waals surface area contributed by atoms with Gasteiger partial charge in [0.05, 0.1) is 18.9 Å². The minimum absolute atomic E-state index is 0.0995. The molecule has 3 aromatic rings. The second-order valence-electron chi connectivity index (χ2n) is 8.43. The number of hydrogen-bond donors (Lipinski definition) is 0. The lowest BCUT2D eigenvalue weighted by molar-refractivity contribution is 0.0605. The van der Waals surface area contributed by atoms with Crippen LogP contribution in [-0.4, -0.2) is 40.7 Å². The number of likely N-dealkylation sites (tertiary alicyclic amines) is 1. The minimum Gasteiger partial charge on any atom is -0.375 e. The summed E-state index contributed by atoms with van der Waals surface area (Å²) in [5.41, 5.74) is 4.26. The third kappa shape index (κ3) is 4.09. The summed E-state index contributed by atoms with van der Waals surface area (Å²) in [7, 11) is 0. The first kappa shape index (κ1) is 19.2. The van der Waals surface area contributed by atoms with Crippen molar-refractivity contribution in [2.75, 3.05) is 26.2 Å². The summed E-state index contributed by atoms with van der Waals surface area (Å²) in [4.78, 5) is 19.8. The van der Waals surface area contributed by atoms with Gasteiger partial charge in [-0.25, -0.2) is 0 Å². The number of aromatic nitrogens is 2. The molecule has 30 heavy (non-hydrogen) atoms. The fraction of sp³-hybridized carbons (Fsp3) is 0.360. The number of fused-ring (bicyclic) bond motifs is 4. The van der Waals surface area contributed by atoms with E-state index in [1.807, 2.05) is 41.0 Å². The minimum atomic E-state index is 0.0995. The van der Waals surface area contributed by atoms with Gasteiger partial charge in [-0.1, -0.05) is 36.4 Å². The molecule has 0 spiro atoms. The predicted octanol–water partition coefficient (Wildman–Crippen LogP) is 3.55. The average molecular weight is 402 g/mol. The number of ether oxygens (including phenoxy) is 1. The van der Waals surface area contributed by atoms with Crippen LogP contribution in [-0.2, 0) is 17.9 Å². The smallest absolute Gasteiger partial charge is 0.251 e. The van der Waals surface area contributed by atoms with E-state index in [1.54, 1.807) is 12.3 Å². The quantitative estimate of drug-likeness (QED) is 0.593. The van der Waals surface area contributed by atoms with Crippen LogP contribution in [0, 0.1) is 5.92 Å². The summed E-state index contributed by atoms with van der Waals surface area (Å²) in [5.74, 6) is 0.923. The Balaban J connectivity index is 1.27. The van der Waals surface area contributed by atoms with E-state index >= 15 is 0 Å². The van der Waals surface area contributed by atoms with Crippen LogP contribution in [0.4, 0.5) is 0 Å². The first-order chi connectivity index (χ1) is 14.8. The fourth-order valence-corrected chi connectivity index (χ4v) is 4.88. The maximum Gasteiger partial charge on any atom is 0.251 e. The fourth-order valence-electron chi connectivity index (χ4n) is 4.88. The molecule has 2 atom stereocenters. The van der Waals surface area contributed by atoms with Crippen molar-refractivity contribution in [1.29, 1.82) is 0 Å². The highest BCUT2D eigenvalue weighted by Crippen LogP contribution is 2.36. The molecule has 5 rings (SSSR count). The monoisotopic (exact) mass is 401 g/mol. The first-order valence-corrected chi connectivity index (χ1v) is 10.8. The molecule has 5 heteroatoms. The van der Waals surface area contributed by atoms with E-state index in [-0.39, 0.29) is 5.56 Å². The molecular weight excluding hydrogens is 374 g/mol. The van der Waals surface area contributed by atoms with Crippen molar-refractivity contribution in [3.8, 4) is 11.3 Å². The van der Waals surface area contributed by atoms with Crippen molar-refractivity contribution in [3.05, 3.63) is 88.5 Å².